The molecule has 1 aromatic heterocycles. The number of aromatic nitrogens is 1. The van der Waals surface area contributed by atoms with Gasteiger partial charge in [-0.1, -0.05) is 76.6 Å². The van der Waals surface area contributed by atoms with Crippen LogP contribution in [0, 0.1) is 5.41 Å². The van der Waals surface area contributed by atoms with Crippen LogP contribution in [0.15, 0.2) is 72.9 Å². The summed E-state index contributed by atoms with van der Waals surface area (Å²) in [6.07, 6.45) is 4.77. The van der Waals surface area contributed by atoms with Crippen LogP contribution < -0.4 is 10.1 Å². The zero-order chi connectivity index (χ0) is 28.0. The molecular weight excluding hydrogens is 484 g/mol. The lowest BCUT2D eigenvalue weighted by Gasteiger charge is -2.20. The van der Waals surface area contributed by atoms with E-state index in [1.54, 1.807) is 13.3 Å². The molecule has 1 heterocycles. The van der Waals surface area contributed by atoms with Gasteiger partial charge in [-0.05, 0) is 53.1 Å². The van der Waals surface area contributed by atoms with Crippen LogP contribution in [0.5, 0.6) is 5.75 Å². The lowest BCUT2D eigenvalue weighted by Crippen LogP contribution is -2.24. The third-order valence-electron chi connectivity index (χ3n) is 6.79. The van der Waals surface area contributed by atoms with Crippen LogP contribution in [0.1, 0.15) is 78.8 Å². The smallest absolute Gasteiger partial charge is 0.251 e. The summed E-state index contributed by atoms with van der Waals surface area (Å²) in [6, 6.07) is 21.8. The summed E-state index contributed by atoms with van der Waals surface area (Å²) in [4.78, 5) is 30.7. The molecule has 0 bridgehead atoms. The Hall–Kier alpha value is -3.99. The van der Waals surface area contributed by atoms with Gasteiger partial charge in [0, 0.05) is 47.3 Å². The highest BCUT2D eigenvalue weighted by Crippen LogP contribution is 2.37. The van der Waals surface area contributed by atoms with E-state index in [9.17, 15) is 9.59 Å². The van der Waals surface area contributed by atoms with Crippen LogP contribution in [0.25, 0.3) is 22.0 Å². The van der Waals surface area contributed by atoms with Crippen LogP contribution >= 0.6 is 0 Å². The Kier molecular flexibility index (Phi) is 8.80. The number of nitrogens with zero attached hydrogens (tertiary/aromatic N) is 1. The Balaban J connectivity index is 1.81. The lowest BCUT2D eigenvalue weighted by atomic mass is 9.85. The molecule has 3 aromatic carbocycles. The van der Waals surface area contributed by atoms with Crippen molar-refractivity contribution in [2.75, 3.05) is 13.7 Å². The number of rotatable bonds is 10. The summed E-state index contributed by atoms with van der Waals surface area (Å²) in [7, 11) is 1.65. The van der Waals surface area contributed by atoms with E-state index < -0.39 is 0 Å². The van der Waals surface area contributed by atoms with Gasteiger partial charge in [-0.2, -0.15) is 0 Å². The number of hydrogen-bond acceptors (Lipinski definition) is 4. The summed E-state index contributed by atoms with van der Waals surface area (Å²) < 4.78 is 5.77. The monoisotopic (exact) mass is 522 g/mol. The molecule has 1 amide bonds. The number of unbranched alkanes of at least 4 members (excludes halogenated alkanes) is 1. The number of pyridine rings is 1. The van der Waals surface area contributed by atoms with Crippen LogP contribution in [0.4, 0.5) is 0 Å². The average molecular weight is 523 g/mol. The van der Waals surface area contributed by atoms with Gasteiger partial charge in [0.2, 0.25) is 0 Å². The van der Waals surface area contributed by atoms with E-state index in [2.05, 4.69) is 51.2 Å². The molecule has 0 saturated carbocycles. The molecule has 5 nitrogen and oxygen atoms in total. The number of benzene rings is 3. The van der Waals surface area contributed by atoms with Gasteiger partial charge in [-0.15, -0.1) is 0 Å². The molecule has 0 spiro atoms. The average Bonchev–Trinajstić information content (AvgIpc) is 2.92. The van der Waals surface area contributed by atoms with Crippen LogP contribution in [-0.2, 0) is 6.42 Å². The van der Waals surface area contributed by atoms with Gasteiger partial charge in [-0.3, -0.25) is 14.6 Å². The van der Waals surface area contributed by atoms with E-state index in [1.165, 1.54) is 0 Å². The number of carbonyl (C=O) groups is 2. The van der Waals surface area contributed by atoms with Gasteiger partial charge in [0.15, 0.2) is 5.78 Å². The quantitative estimate of drug-likeness (QED) is 0.172. The number of methoxy groups -OCH3 is 1. The van der Waals surface area contributed by atoms with Crippen molar-refractivity contribution in [2.24, 2.45) is 5.41 Å². The molecule has 1 N–H and O–H groups in total. The molecule has 0 atom stereocenters. The van der Waals surface area contributed by atoms with Gasteiger partial charge in [-0.25, -0.2) is 0 Å². The highest BCUT2D eigenvalue weighted by atomic mass is 16.5. The number of amides is 1. The maximum absolute atomic E-state index is 13.5. The van der Waals surface area contributed by atoms with Gasteiger partial charge < -0.3 is 10.1 Å². The van der Waals surface area contributed by atoms with Gasteiger partial charge in [0.1, 0.15) is 5.75 Å². The number of ketones is 1. The van der Waals surface area contributed by atoms with Crippen molar-refractivity contribution in [1.82, 2.24) is 10.3 Å². The standard InChI is InChI=1S/C34H38N2O3/c1-6-7-17-35-33(38)25-15-13-24(14-16-25)26-19-28-27(18-23-11-9-8-10-12-23)29(31(37)21-34(2,3)4)22-36-30(28)20-32(26)39-5/h8-16,19-20,22H,6-7,17-18,21H2,1-5H3,(H,35,38). The van der Waals surface area contributed by atoms with E-state index in [4.69, 9.17) is 9.72 Å². The molecule has 0 fully saturated rings. The molecule has 39 heavy (non-hydrogen) atoms. The lowest BCUT2D eigenvalue weighted by molar-refractivity contribution is 0.0934. The zero-order valence-corrected chi connectivity index (χ0v) is 23.6. The molecule has 4 aromatic rings. The fraction of sp³-hybridized carbons (Fsp3) is 0.324. The van der Waals surface area contributed by atoms with E-state index >= 15 is 0 Å². The molecule has 0 aliphatic carbocycles. The molecular formula is C34H38N2O3. The Morgan fingerprint density at radius 3 is 2.33 bits per heavy atom. The first-order valence-electron chi connectivity index (χ1n) is 13.7. The topological polar surface area (TPSA) is 68.3 Å². The minimum absolute atomic E-state index is 0.0724. The molecule has 0 saturated heterocycles. The highest BCUT2D eigenvalue weighted by molar-refractivity contribution is 6.03. The predicted octanol–water partition coefficient (Wildman–Crippen LogP) is 7.65. The number of nitrogens with one attached hydrogen (secondary N) is 1. The van der Waals surface area contributed by atoms with Crippen molar-refractivity contribution in [1.29, 1.82) is 0 Å². The molecule has 0 unspecified atom stereocenters. The van der Waals surface area contributed by atoms with Crippen molar-refractivity contribution >= 4 is 22.6 Å². The first-order valence-corrected chi connectivity index (χ1v) is 13.7. The van der Waals surface area contributed by atoms with E-state index in [-0.39, 0.29) is 17.1 Å². The number of fused-ring (bicyclic) bond motifs is 1. The second-order valence-electron chi connectivity index (χ2n) is 11.2. The van der Waals surface area contributed by atoms with E-state index in [0.29, 0.717) is 36.3 Å². The Labute approximate surface area is 231 Å². The largest absolute Gasteiger partial charge is 0.496 e. The van der Waals surface area contributed by atoms with E-state index in [0.717, 1.165) is 46.0 Å². The summed E-state index contributed by atoms with van der Waals surface area (Å²) >= 11 is 0. The fourth-order valence-corrected chi connectivity index (χ4v) is 4.76. The highest BCUT2D eigenvalue weighted by Gasteiger charge is 2.23. The number of hydrogen-bond donors (Lipinski definition) is 1. The Morgan fingerprint density at radius 2 is 1.69 bits per heavy atom. The van der Waals surface area contributed by atoms with Gasteiger partial charge in [0.25, 0.3) is 5.91 Å². The summed E-state index contributed by atoms with van der Waals surface area (Å²) in [6.45, 7) is 9.00. The molecule has 0 radical (unpaired) electrons. The van der Waals surface area contributed by atoms with Gasteiger partial charge >= 0.3 is 0 Å². The second-order valence-corrected chi connectivity index (χ2v) is 11.2. The summed E-state index contributed by atoms with van der Waals surface area (Å²) in [5.41, 5.74) is 5.84. The molecule has 0 aliphatic rings. The fourth-order valence-electron chi connectivity index (χ4n) is 4.76. The van der Waals surface area contributed by atoms with Crippen molar-refractivity contribution < 1.29 is 14.3 Å². The van der Waals surface area contributed by atoms with Crippen molar-refractivity contribution in [3.63, 3.8) is 0 Å². The minimum atomic E-state index is -0.133. The Morgan fingerprint density at radius 1 is 0.974 bits per heavy atom. The third kappa shape index (κ3) is 6.91. The van der Waals surface area contributed by atoms with Crippen LogP contribution in [0.3, 0.4) is 0 Å². The first-order chi connectivity index (χ1) is 18.7. The number of Topliss-reactive ketones (excluding diaryl/α,β-unsaturated/α-hetero) is 1. The molecule has 0 aliphatic heterocycles. The van der Waals surface area contributed by atoms with Gasteiger partial charge in [0.05, 0.1) is 12.6 Å². The zero-order valence-electron chi connectivity index (χ0n) is 23.6. The van der Waals surface area contributed by atoms with Crippen LogP contribution in [0.2, 0.25) is 0 Å². The minimum Gasteiger partial charge on any atom is -0.496 e. The molecule has 202 valence electrons. The normalized spacial score (nSPS) is 11.4. The third-order valence-corrected chi connectivity index (χ3v) is 6.79. The summed E-state index contributed by atoms with van der Waals surface area (Å²) in [5.74, 6) is 0.713. The van der Waals surface area contributed by atoms with Crippen molar-refractivity contribution in [3.8, 4) is 16.9 Å². The first kappa shape index (κ1) is 28.0. The number of ether oxygens (including phenoxy) is 1. The number of carbonyl (C=O) groups excluding carboxylic acids is 2. The molecule has 4 rings (SSSR count). The Bertz CT molecular complexity index is 1450. The van der Waals surface area contributed by atoms with E-state index in [1.807, 2.05) is 48.5 Å². The predicted molar refractivity (Wildman–Crippen MR) is 159 cm³/mol. The van der Waals surface area contributed by atoms with Crippen molar-refractivity contribution in [3.05, 3.63) is 95.2 Å². The maximum Gasteiger partial charge on any atom is 0.251 e. The van der Waals surface area contributed by atoms with Crippen LogP contribution in [-0.4, -0.2) is 30.3 Å². The second kappa shape index (κ2) is 12.2. The maximum atomic E-state index is 13.5. The van der Waals surface area contributed by atoms with Crippen molar-refractivity contribution in [2.45, 2.75) is 53.4 Å². The SMILES string of the molecule is CCCCNC(=O)c1ccc(-c2cc3c(Cc4ccccc4)c(C(=O)CC(C)(C)C)cnc3cc2OC)cc1. The summed E-state index contributed by atoms with van der Waals surface area (Å²) in [5, 5.41) is 3.89. The molecule has 5 heteroatoms.